The quantitative estimate of drug-likeness (QED) is 0.711. The molecule has 0 spiro atoms. The lowest BCUT2D eigenvalue weighted by Crippen LogP contribution is -2.54. The zero-order valence-electron chi connectivity index (χ0n) is 22.7. The second kappa shape index (κ2) is 4.71. The summed E-state index contributed by atoms with van der Waals surface area (Å²) in [6.07, 6.45) is 3.14. The van der Waals surface area contributed by atoms with Gasteiger partial charge in [-0.15, -0.1) is 0 Å². The molecule has 0 aliphatic heterocycles. The lowest BCUT2D eigenvalue weighted by Gasteiger charge is -2.59. The molecule has 7 atom stereocenters. The number of carbonyl (C=O) groups excluding carboxylic acids is 1. The Hall–Kier alpha value is -0.630. The van der Waals surface area contributed by atoms with Gasteiger partial charge in [-0.1, -0.05) is 26.2 Å². The molecule has 4 aliphatic carbocycles. The van der Waals surface area contributed by atoms with E-state index >= 15 is 0 Å². The molecule has 3 fully saturated rings. The standard InChI is InChI=1S/C21H32O2/c1-13-11-18-16-6-5-14-12-15(22)7-9-19(14,2)17(16)8-10-20(18,3)21(13,4)23/h12-13,16-18,23H,5-11H2,1-4H3/t13?,16-,17+,18+,19+,20+,21+/m1/s1/i2D3,3D3,4D3. The van der Waals surface area contributed by atoms with Crippen LogP contribution >= 0.6 is 0 Å². The van der Waals surface area contributed by atoms with Gasteiger partial charge >= 0.3 is 0 Å². The van der Waals surface area contributed by atoms with Crippen LogP contribution in [-0.2, 0) is 4.79 Å². The molecular formula is C21H32O2. The highest BCUT2D eigenvalue weighted by atomic mass is 16.3. The van der Waals surface area contributed by atoms with Crippen molar-refractivity contribution in [2.75, 3.05) is 0 Å². The van der Waals surface area contributed by atoms with Crippen molar-refractivity contribution in [3.8, 4) is 0 Å². The van der Waals surface area contributed by atoms with E-state index in [1.54, 1.807) is 6.92 Å². The first kappa shape index (κ1) is 8.65. The van der Waals surface area contributed by atoms with E-state index in [4.69, 9.17) is 12.3 Å². The Morgan fingerprint density at radius 3 is 2.78 bits per heavy atom. The van der Waals surface area contributed by atoms with Crippen molar-refractivity contribution >= 4 is 5.78 Å². The van der Waals surface area contributed by atoms with Crippen molar-refractivity contribution in [1.29, 1.82) is 0 Å². The van der Waals surface area contributed by atoms with Crippen molar-refractivity contribution in [2.45, 2.75) is 78.0 Å². The summed E-state index contributed by atoms with van der Waals surface area (Å²) in [5, 5.41) is 11.7. The number of hydrogen-bond donors (Lipinski definition) is 1. The molecule has 128 valence electrons. The average molecular weight is 326 g/mol. The summed E-state index contributed by atoms with van der Waals surface area (Å²) < 4.78 is 74.9. The highest BCUT2D eigenvalue weighted by molar-refractivity contribution is 5.91. The molecule has 0 saturated heterocycles. The lowest BCUT2D eigenvalue weighted by molar-refractivity contribution is -0.130. The third-order valence-electron chi connectivity index (χ3n) is 7.57. The van der Waals surface area contributed by atoms with Gasteiger partial charge in [-0.2, -0.15) is 0 Å². The minimum Gasteiger partial charge on any atom is -0.389 e. The zero-order valence-corrected chi connectivity index (χ0v) is 13.7. The van der Waals surface area contributed by atoms with Gasteiger partial charge in [0.25, 0.3) is 0 Å². The fourth-order valence-corrected chi connectivity index (χ4v) is 6.20. The van der Waals surface area contributed by atoms with Crippen LogP contribution in [0, 0.1) is 34.5 Å². The maximum Gasteiger partial charge on any atom is 0.155 e. The molecule has 1 unspecified atom stereocenters. The molecule has 0 aromatic carbocycles. The van der Waals surface area contributed by atoms with E-state index in [0.29, 0.717) is 18.4 Å². The normalized spacial score (nSPS) is 63.1. The minimum atomic E-state index is -2.87. The molecular weight excluding hydrogens is 284 g/mol. The lowest BCUT2D eigenvalue weighted by atomic mass is 9.46. The van der Waals surface area contributed by atoms with Crippen LogP contribution in [0.4, 0.5) is 0 Å². The molecule has 4 aliphatic rings. The zero-order chi connectivity index (χ0) is 24.1. The molecule has 1 N–H and O–H groups in total. The van der Waals surface area contributed by atoms with Gasteiger partial charge in [-0.25, -0.2) is 0 Å². The predicted molar refractivity (Wildman–Crippen MR) is 91.9 cm³/mol. The third kappa shape index (κ3) is 1.88. The van der Waals surface area contributed by atoms with E-state index in [0.717, 1.165) is 0 Å². The van der Waals surface area contributed by atoms with E-state index in [9.17, 15) is 9.90 Å². The van der Waals surface area contributed by atoms with E-state index in [-0.39, 0.29) is 49.7 Å². The summed E-state index contributed by atoms with van der Waals surface area (Å²) in [6, 6.07) is 0. The molecule has 23 heavy (non-hydrogen) atoms. The molecule has 2 nitrogen and oxygen atoms in total. The second-order valence-electron chi connectivity index (χ2n) is 8.44. The van der Waals surface area contributed by atoms with Crippen LogP contribution in [0.3, 0.4) is 0 Å². The monoisotopic (exact) mass is 325 g/mol. The number of aliphatic hydroxyl groups is 1. The first-order valence-electron chi connectivity index (χ1n) is 13.4. The Morgan fingerprint density at radius 1 is 1.17 bits per heavy atom. The largest absolute Gasteiger partial charge is 0.389 e. The van der Waals surface area contributed by atoms with Crippen LogP contribution in [0.2, 0.25) is 0 Å². The Bertz CT molecular complexity index is 842. The number of fused-ring (bicyclic) bond motifs is 5. The highest BCUT2D eigenvalue weighted by Crippen LogP contribution is 2.68. The van der Waals surface area contributed by atoms with E-state index < -0.39 is 48.8 Å². The fourth-order valence-electron chi connectivity index (χ4n) is 6.20. The number of allylic oxidation sites excluding steroid dienone is 1. The Morgan fingerprint density at radius 2 is 2.04 bits per heavy atom. The highest BCUT2D eigenvalue weighted by Gasteiger charge is 2.64. The van der Waals surface area contributed by atoms with Gasteiger partial charge in [-0.3, -0.25) is 4.79 Å². The van der Waals surface area contributed by atoms with Crippen LogP contribution in [0.25, 0.3) is 0 Å². The summed E-state index contributed by atoms with van der Waals surface area (Å²) in [4.78, 5) is 12.1. The summed E-state index contributed by atoms with van der Waals surface area (Å²) in [5.41, 5.74) is -4.72. The number of rotatable bonds is 0. The Kier molecular flexibility index (Phi) is 1.77. The Balaban J connectivity index is 1.89. The predicted octanol–water partition coefficient (Wildman–Crippen LogP) is 4.52. The van der Waals surface area contributed by atoms with Gasteiger partial charge in [-0.05, 0) is 86.0 Å². The van der Waals surface area contributed by atoms with Crippen LogP contribution in [0.5, 0.6) is 0 Å². The van der Waals surface area contributed by atoms with Crippen LogP contribution < -0.4 is 0 Å². The summed E-state index contributed by atoms with van der Waals surface area (Å²) in [7, 11) is 0. The number of ketones is 1. The van der Waals surface area contributed by atoms with Gasteiger partial charge in [0, 0.05) is 18.8 Å². The Labute approximate surface area is 153 Å². The molecule has 0 heterocycles. The molecule has 0 bridgehead atoms. The van der Waals surface area contributed by atoms with Crippen LogP contribution in [-0.4, -0.2) is 16.5 Å². The van der Waals surface area contributed by atoms with E-state index in [1.165, 1.54) is 6.08 Å². The fraction of sp³-hybridized carbons (Fsp3) is 0.857. The summed E-state index contributed by atoms with van der Waals surface area (Å²) >= 11 is 0. The summed E-state index contributed by atoms with van der Waals surface area (Å²) in [5.74, 6) is -2.14. The first-order valence-corrected chi connectivity index (χ1v) is 8.91. The molecule has 0 amide bonds. The molecule has 0 radical (unpaired) electrons. The number of hydrogen-bond acceptors (Lipinski definition) is 2. The van der Waals surface area contributed by atoms with E-state index in [1.807, 2.05) is 0 Å². The smallest absolute Gasteiger partial charge is 0.155 e. The molecule has 3 saturated carbocycles. The van der Waals surface area contributed by atoms with Crippen LogP contribution in [0.1, 0.15) is 84.8 Å². The average Bonchev–Trinajstić information content (AvgIpc) is 2.89. The van der Waals surface area contributed by atoms with Gasteiger partial charge in [0.15, 0.2) is 5.78 Å². The van der Waals surface area contributed by atoms with Crippen molar-refractivity contribution in [3.05, 3.63) is 11.6 Å². The maximum absolute atomic E-state index is 12.1. The van der Waals surface area contributed by atoms with Crippen molar-refractivity contribution in [1.82, 2.24) is 0 Å². The van der Waals surface area contributed by atoms with Gasteiger partial charge in [0.05, 0.1) is 5.60 Å². The summed E-state index contributed by atoms with van der Waals surface area (Å²) in [6.45, 7) is -6.32. The molecule has 2 heteroatoms. The second-order valence-corrected chi connectivity index (χ2v) is 8.44. The maximum atomic E-state index is 12.1. The number of carbonyl (C=O) groups is 1. The van der Waals surface area contributed by atoms with Gasteiger partial charge in [0.1, 0.15) is 0 Å². The topological polar surface area (TPSA) is 37.3 Å². The van der Waals surface area contributed by atoms with Gasteiger partial charge in [0.2, 0.25) is 0 Å². The third-order valence-corrected chi connectivity index (χ3v) is 7.57. The first-order chi connectivity index (χ1) is 14.4. The molecule has 4 rings (SSSR count). The SMILES string of the molecule is [2H]C([2H])([2H])[C@]1(O)C(C)C[C@H]2[C@@H]3CCC4=CC(=O)CC[C@]4(C([2H])([2H])[2H])[C@H]3CC[C@@]21C([2H])([2H])[2H]. The van der Waals surface area contributed by atoms with Gasteiger partial charge < -0.3 is 5.11 Å². The molecule has 0 aromatic rings. The minimum absolute atomic E-state index is 0.0619. The van der Waals surface area contributed by atoms with Crippen LogP contribution in [0.15, 0.2) is 11.6 Å². The van der Waals surface area contributed by atoms with Crippen molar-refractivity contribution < 1.29 is 22.2 Å². The molecule has 0 aromatic heterocycles. The van der Waals surface area contributed by atoms with Crippen molar-refractivity contribution in [2.24, 2.45) is 34.5 Å². The van der Waals surface area contributed by atoms with E-state index in [2.05, 4.69) is 0 Å². The van der Waals surface area contributed by atoms with Crippen molar-refractivity contribution in [3.63, 3.8) is 0 Å².